The van der Waals surface area contributed by atoms with Gasteiger partial charge in [-0.1, -0.05) is 22.0 Å². The molecule has 1 aromatic carbocycles. The van der Waals surface area contributed by atoms with E-state index in [-0.39, 0.29) is 0 Å². The number of rotatable bonds is 2. The maximum atomic E-state index is 5.65. The van der Waals surface area contributed by atoms with Crippen molar-refractivity contribution < 1.29 is 4.42 Å². The normalized spacial score (nSPS) is 16.1. The third kappa shape index (κ3) is 1.76. The van der Waals surface area contributed by atoms with E-state index in [1.54, 1.807) is 0 Å². The number of aromatic nitrogens is 2. The van der Waals surface area contributed by atoms with Gasteiger partial charge in [-0.15, -0.1) is 10.2 Å². The van der Waals surface area contributed by atoms with E-state index in [2.05, 4.69) is 31.4 Å². The van der Waals surface area contributed by atoms with Gasteiger partial charge in [-0.2, -0.15) is 0 Å². The molecule has 1 aliphatic heterocycles. The van der Waals surface area contributed by atoms with Gasteiger partial charge in [0.2, 0.25) is 11.8 Å². The predicted molar refractivity (Wildman–Crippen MR) is 63.0 cm³/mol. The Kier molecular flexibility index (Phi) is 2.49. The summed E-state index contributed by atoms with van der Waals surface area (Å²) in [4.78, 5) is 0. The van der Waals surface area contributed by atoms with Crippen molar-refractivity contribution >= 4 is 15.9 Å². The number of nitrogens with one attached hydrogen (secondary N) is 1. The molecule has 5 heteroatoms. The summed E-state index contributed by atoms with van der Waals surface area (Å²) in [5.41, 5.74) is 0.945. The number of benzene rings is 1. The summed E-state index contributed by atoms with van der Waals surface area (Å²) < 4.78 is 6.65. The number of nitrogens with zero attached hydrogens (tertiary/aromatic N) is 2. The molecule has 0 bridgehead atoms. The monoisotopic (exact) mass is 279 g/mol. The first-order chi connectivity index (χ1) is 7.83. The van der Waals surface area contributed by atoms with Crippen LogP contribution >= 0.6 is 15.9 Å². The topological polar surface area (TPSA) is 51.0 Å². The van der Waals surface area contributed by atoms with Gasteiger partial charge in [0.1, 0.15) is 0 Å². The Bertz CT molecular complexity index is 507. The van der Waals surface area contributed by atoms with Crippen LogP contribution in [0.2, 0.25) is 0 Å². The molecular formula is C11H10BrN3O. The summed E-state index contributed by atoms with van der Waals surface area (Å²) in [5.74, 6) is 1.70. The highest BCUT2D eigenvalue weighted by Crippen LogP contribution is 2.25. The van der Waals surface area contributed by atoms with Crippen LogP contribution in [0.4, 0.5) is 0 Å². The third-order valence-electron chi connectivity index (χ3n) is 2.64. The molecule has 82 valence electrons. The van der Waals surface area contributed by atoms with Crippen LogP contribution < -0.4 is 5.32 Å². The maximum Gasteiger partial charge on any atom is 0.247 e. The van der Waals surface area contributed by atoms with Gasteiger partial charge in [0.25, 0.3) is 0 Å². The standard InChI is InChI=1S/C11H10BrN3O/c12-9-3-1-2-7(4-9)10-14-15-11(16-10)8-5-13-6-8/h1-4,8,13H,5-6H2. The molecule has 2 aromatic rings. The lowest BCUT2D eigenvalue weighted by molar-refractivity contribution is 0.361. The third-order valence-corrected chi connectivity index (χ3v) is 3.14. The van der Waals surface area contributed by atoms with Crippen LogP contribution in [0.1, 0.15) is 11.8 Å². The Balaban J connectivity index is 1.91. The summed E-state index contributed by atoms with van der Waals surface area (Å²) in [6.07, 6.45) is 0. The summed E-state index contributed by atoms with van der Waals surface area (Å²) in [5, 5.41) is 11.3. The highest BCUT2D eigenvalue weighted by atomic mass is 79.9. The Labute approximate surface area is 101 Å². The summed E-state index contributed by atoms with van der Waals surface area (Å²) in [6, 6.07) is 7.85. The molecule has 0 radical (unpaired) electrons. The van der Waals surface area contributed by atoms with Gasteiger partial charge in [-0.05, 0) is 18.2 Å². The molecule has 1 N–H and O–H groups in total. The van der Waals surface area contributed by atoms with Crippen LogP contribution in [0.25, 0.3) is 11.5 Å². The molecule has 16 heavy (non-hydrogen) atoms. The molecular weight excluding hydrogens is 270 g/mol. The van der Waals surface area contributed by atoms with Crippen LogP contribution in [0.15, 0.2) is 33.2 Å². The zero-order valence-corrected chi connectivity index (χ0v) is 10.1. The molecule has 0 unspecified atom stereocenters. The van der Waals surface area contributed by atoms with Crippen LogP contribution in [0, 0.1) is 0 Å². The van der Waals surface area contributed by atoms with Gasteiger partial charge in [0.05, 0.1) is 5.92 Å². The lowest BCUT2D eigenvalue weighted by Gasteiger charge is -2.22. The minimum absolute atomic E-state index is 0.383. The second-order valence-corrected chi connectivity index (χ2v) is 4.73. The van der Waals surface area contributed by atoms with Crippen LogP contribution in [-0.2, 0) is 0 Å². The Morgan fingerprint density at radius 2 is 2.19 bits per heavy atom. The van der Waals surface area contributed by atoms with E-state index < -0.39 is 0 Å². The van der Waals surface area contributed by atoms with Crippen molar-refractivity contribution in [1.29, 1.82) is 0 Å². The van der Waals surface area contributed by atoms with E-state index in [0.717, 1.165) is 29.0 Å². The van der Waals surface area contributed by atoms with E-state index in [0.29, 0.717) is 11.8 Å². The van der Waals surface area contributed by atoms with Crippen LogP contribution in [0.3, 0.4) is 0 Å². The Morgan fingerprint density at radius 3 is 2.88 bits per heavy atom. The van der Waals surface area contributed by atoms with Gasteiger partial charge in [0.15, 0.2) is 0 Å². The summed E-state index contributed by atoms with van der Waals surface area (Å²) >= 11 is 3.42. The van der Waals surface area contributed by atoms with Gasteiger partial charge < -0.3 is 9.73 Å². The fourth-order valence-electron chi connectivity index (χ4n) is 1.60. The summed E-state index contributed by atoms with van der Waals surface area (Å²) in [6.45, 7) is 1.86. The van der Waals surface area contributed by atoms with Gasteiger partial charge in [-0.3, -0.25) is 0 Å². The molecule has 1 aliphatic rings. The van der Waals surface area contributed by atoms with E-state index in [1.807, 2.05) is 24.3 Å². The molecule has 0 aliphatic carbocycles. The predicted octanol–water partition coefficient (Wildman–Crippen LogP) is 2.19. The highest BCUT2D eigenvalue weighted by molar-refractivity contribution is 9.10. The molecule has 1 saturated heterocycles. The first kappa shape index (κ1) is 9.99. The zero-order valence-electron chi connectivity index (χ0n) is 8.48. The van der Waals surface area contributed by atoms with Crippen molar-refractivity contribution in [2.45, 2.75) is 5.92 Å². The van der Waals surface area contributed by atoms with Crippen molar-refractivity contribution in [1.82, 2.24) is 15.5 Å². The zero-order chi connectivity index (χ0) is 11.0. The van der Waals surface area contributed by atoms with Crippen LogP contribution in [0.5, 0.6) is 0 Å². The van der Waals surface area contributed by atoms with Crippen molar-refractivity contribution in [2.24, 2.45) is 0 Å². The maximum absolute atomic E-state index is 5.65. The van der Waals surface area contributed by atoms with Gasteiger partial charge >= 0.3 is 0 Å². The van der Waals surface area contributed by atoms with E-state index in [9.17, 15) is 0 Å². The van der Waals surface area contributed by atoms with Crippen molar-refractivity contribution in [3.8, 4) is 11.5 Å². The molecule has 0 atom stereocenters. The average Bonchev–Trinajstić information content (AvgIpc) is 2.64. The fourth-order valence-corrected chi connectivity index (χ4v) is 2.00. The molecule has 4 nitrogen and oxygen atoms in total. The average molecular weight is 280 g/mol. The molecule has 1 fully saturated rings. The second-order valence-electron chi connectivity index (χ2n) is 3.81. The van der Waals surface area contributed by atoms with E-state index >= 15 is 0 Å². The lowest BCUT2D eigenvalue weighted by atomic mass is 10.0. The molecule has 0 amide bonds. The van der Waals surface area contributed by atoms with Crippen LogP contribution in [-0.4, -0.2) is 23.3 Å². The minimum atomic E-state index is 0.383. The van der Waals surface area contributed by atoms with Gasteiger partial charge in [-0.25, -0.2) is 0 Å². The molecule has 2 heterocycles. The summed E-state index contributed by atoms with van der Waals surface area (Å²) in [7, 11) is 0. The first-order valence-corrected chi connectivity index (χ1v) is 5.92. The minimum Gasteiger partial charge on any atom is -0.420 e. The SMILES string of the molecule is Brc1cccc(-c2nnc(C3CNC3)o2)c1. The molecule has 0 spiro atoms. The Morgan fingerprint density at radius 1 is 1.31 bits per heavy atom. The van der Waals surface area contributed by atoms with Crippen molar-refractivity contribution in [3.63, 3.8) is 0 Å². The van der Waals surface area contributed by atoms with E-state index in [1.165, 1.54) is 0 Å². The second kappa shape index (κ2) is 3.99. The number of halogens is 1. The van der Waals surface area contributed by atoms with Crippen molar-refractivity contribution in [3.05, 3.63) is 34.6 Å². The Hall–Kier alpha value is -1.20. The molecule has 0 saturated carbocycles. The van der Waals surface area contributed by atoms with E-state index in [4.69, 9.17) is 4.42 Å². The first-order valence-electron chi connectivity index (χ1n) is 5.13. The smallest absolute Gasteiger partial charge is 0.247 e. The molecule has 1 aromatic heterocycles. The lowest BCUT2D eigenvalue weighted by Crippen LogP contribution is -2.40. The number of hydrogen-bond acceptors (Lipinski definition) is 4. The fraction of sp³-hybridized carbons (Fsp3) is 0.273. The van der Waals surface area contributed by atoms with Gasteiger partial charge in [0, 0.05) is 23.1 Å². The largest absolute Gasteiger partial charge is 0.420 e. The number of hydrogen-bond donors (Lipinski definition) is 1. The quantitative estimate of drug-likeness (QED) is 0.916. The molecule has 3 rings (SSSR count). The highest BCUT2D eigenvalue weighted by Gasteiger charge is 2.24. The van der Waals surface area contributed by atoms with Crippen molar-refractivity contribution in [2.75, 3.05) is 13.1 Å².